The number of nitrogens with one attached hydrogen (secondary N) is 1. The van der Waals surface area contributed by atoms with Gasteiger partial charge >= 0.3 is 5.97 Å². The summed E-state index contributed by atoms with van der Waals surface area (Å²) in [5.41, 5.74) is 5.31. The molecule has 0 rings (SSSR count). The number of aliphatic hydroxyl groups is 2. The van der Waals surface area contributed by atoms with Crippen molar-refractivity contribution in [1.29, 1.82) is 0 Å². The van der Waals surface area contributed by atoms with Crippen LogP contribution in [0.4, 0.5) is 0 Å². The number of aliphatic carboxylic acids is 1. The van der Waals surface area contributed by atoms with Crippen molar-refractivity contribution in [2.45, 2.75) is 44.4 Å². The van der Waals surface area contributed by atoms with Gasteiger partial charge < -0.3 is 26.4 Å². The molecule has 0 saturated heterocycles. The third kappa shape index (κ3) is 7.29. The van der Waals surface area contributed by atoms with E-state index >= 15 is 0 Å². The molecule has 8 nitrogen and oxygen atoms in total. The molecule has 8 heteroatoms. The van der Waals surface area contributed by atoms with Gasteiger partial charge in [0.25, 0.3) is 0 Å². The molecule has 0 bridgehead atoms. The van der Waals surface area contributed by atoms with E-state index < -0.39 is 35.8 Å². The van der Waals surface area contributed by atoms with Crippen LogP contribution < -0.4 is 11.1 Å². The molecule has 0 aromatic carbocycles. The number of hydrogen-bond donors (Lipinski definition) is 5. The summed E-state index contributed by atoms with van der Waals surface area (Å²) >= 11 is 0. The number of aliphatic hydroxyl groups excluding tert-OH is 2. The number of carbonyl (C=O) groups excluding carboxylic acids is 2. The third-order valence-electron chi connectivity index (χ3n) is 2.72. The number of carboxylic acids is 1. The molecule has 0 fully saturated rings. The van der Waals surface area contributed by atoms with Gasteiger partial charge in [0, 0.05) is 0 Å². The van der Waals surface area contributed by atoms with E-state index in [1.165, 1.54) is 6.92 Å². The lowest BCUT2D eigenvalue weighted by atomic mass is 10.1. The van der Waals surface area contributed by atoms with Crippen molar-refractivity contribution in [2.24, 2.45) is 5.73 Å². The molecule has 0 aliphatic heterocycles. The summed E-state index contributed by atoms with van der Waals surface area (Å²) in [4.78, 5) is 33.1. The van der Waals surface area contributed by atoms with Crippen LogP contribution in [0.15, 0.2) is 0 Å². The van der Waals surface area contributed by atoms with Crippen LogP contribution >= 0.6 is 0 Å². The highest BCUT2D eigenvalue weighted by molar-refractivity contribution is 6.39. The van der Waals surface area contributed by atoms with E-state index in [0.29, 0.717) is 25.8 Å². The van der Waals surface area contributed by atoms with E-state index in [0.717, 1.165) is 0 Å². The molecule has 0 amide bonds. The molecule has 0 aromatic heterocycles. The van der Waals surface area contributed by atoms with Crippen LogP contribution in [0.25, 0.3) is 0 Å². The molecule has 116 valence electrons. The molecule has 3 atom stereocenters. The Morgan fingerprint density at radius 2 is 1.80 bits per heavy atom. The minimum atomic E-state index is -1.70. The molecule has 0 aromatic rings. The Morgan fingerprint density at radius 1 is 1.20 bits per heavy atom. The number of ketones is 2. The lowest BCUT2D eigenvalue weighted by Gasteiger charge is -2.11. The summed E-state index contributed by atoms with van der Waals surface area (Å²) in [5.74, 6) is -2.88. The van der Waals surface area contributed by atoms with Crippen molar-refractivity contribution in [2.75, 3.05) is 13.1 Å². The summed E-state index contributed by atoms with van der Waals surface area (Å²) in [7, 11) is 0. The number of rotatable bonds is 11. The lowest BCUT2D eigenvalue weighted by molar-refractivity contribution is -0.144. The van der Waals surface area contributed by atoms with Crippen molar-refractivity contribution in [3.05, 3.63) is 0 Å². The highest BCUT2D eigenvalue weighted by Crippen LogP contribution is 1.98. The van der Waals surface area contributed by atoms with Crippen LogP contribution in [-0.4, -0.2) is 64.2 Å². The summed E-state index contributed by atoms with van der Waals surface area (Å²) in [6.45, 7) is 1.42. The summed E-state index contributed by atoms with van der Waals surface area (Å²) in [5, 5.41) is 29.4. The predicted octanol–water partition coefficient (Wildman–Crippen LogP) is -1.96. The summed E-state index contributed by atoms with van der Waals surface area (Å²) in [6.07, 6.45) is -1.45. The smallest absolute Gasteiger partial charge is 0.320 e. The first-order chi connectivity index (χ1) is 9.27. The zero-order valence-corrected chi connectivity index (χ0v) is 11.4. The van der Waals surface area contributed by atoms with Crippen molar-refractivity contribution < 1.29 is 29.7 Å². The molecule has 0 spiro atoms. The standard InChI is InChI=1S/C12H22N2O6/c1-7(15)10(17)11(18)9(16)6-14-5-3-2-4-8(13)12(19)20/h7-8,10,14-15,17H,2-6,13H2,1H3,(H,19,20)/t7?,8-,10?/m0/s1. The second kappa shape index (κ2) is 9.54. The fourth-order valence-corrected chi connectivity index (χ4v) is 1.41. The van der Waals surface area contributed by atoms with E-state index in [2.05, 4.69) is 5.32 Å². The highest BCUT2D eigenvalue weighted by Gasteiger charge is 2.26. The zero-order valence-electron chi connectivity index (χ0n) is 11.4. The van der Waals surface area contributed by atoms with Gasteiger partial charge in [-0.15, -0.1) is 0 Å². The second-order valence-corrected chi connectivity index (χ2v) is 4.59. The number of Topliss-reactive ketones (excluding diaryl/α,β-unsaturated/α-hetero) is 2. The average molecular weight is 290 g/mol. The van der Waals surface area contributed by atoms with Gasteiger partial charge in [-0.3, -0.25) is 14.4 Å². The quantitative estimate of drug-likeness (QED) is 0.217. The summed E-state index contributed by atoms with van der Waals surface area (Å²) in [6, 6.07) is -0.889. The van der Waals surface area contributed by atoms with E-state index in [-0.39, 0.29) is 6.54 Å². The van der Waals surface area contributed by atoms with Crippen molar-refractivity contribution in [3.63, 3.8) is 0 Å². The van der Waals surface area contributed by atoms with Crippen LogP contribution in [-0.2, 0) is 14.4 Å². The van der Waals surface area contributed by atoms with Crippen molar-refractivity contribution in [1.82, 2.24) is 5.32 Å². The predicted molar refractivity (Wildman–Crippen MR) is 70.0 cm³/mol. The van der Waals surface area contributed by atoms with Crippen LogP contribution in [0.3, 0.4) is 0 Å². The van der Waals surface area contributed by atoms with Crippen LogP contribution in [0.2, 0.25) is 0 Å². The molecule has 6 N–H and O–H groups in total. The number of unbranched alkanes of at least 4 members (excludes halogenated alkanes) is 1. The Balaban J connectivity index is 3.73. The first kappa shape index (κ1) is 18.7. The number of carboxylic acid groups (broad SMARTS) is 1. The van der Waals surface area contributed by atoms with Gasteiger partial charge in [-0.05, 0) is 26.3 Å². The molecule has 2 unspecified atom stereocenters. The van der Waals surface area contributed by atoms with Gasteiger partial charge in [0.1, 0.15) is 12.1 Å². The van der Waals surface area contributed by atoms with Gasteiger partial charge in [-0.2, -0.15) is 0 Å². The minimum absolute atomic E-state index is 0.229. The maximum absolute atomic E-state index is 11.3. The SMILES string of the molecule is CC(O)C(O)C(=O)C(=O)CNCCCC[C@H](N)C(=O)O. The lowest BCUT2D eigenvalue weighted by Crippen LogP contribution is -2.40. The van der Waals surface area contributed by atoms with Gasteiger partial charge in [0.2, 0.25) is 11.6 Å². The van der Waals surface area contributed by atoms with Crippen molar-refractivity contribution in [3.8, 4) is 0 Å². The Morgan fingerprint density at radius 3 is 2.30 bits per heavy atom. The fraction of sp³-hybridized carbons (Fsp3) is 0.750. The molecular formula is C12H22N2O6. The zero-order chi connectivity index (χ0) is 15.7. The highest BCUT2D eigenvalue weighted by atomic mass is 16.4. The third-order valence-corrected chi connectivity index (χ3v) is 2.72. The van der Waals surface area contributed by atoms with Crippen LogP contribution in [0.5, 0.6) is 0 Å². The maximum Gasteiger partial charge on any atom is 0.320 e. The first-order valence-electron chi connectivity index (χ1n) is 6.39. The van der Waals surface area contributed by atoms with Crippen LogP contribution in [0.1, 0.15) is 26.2 Å². The second-order valence-electron chi connectivity index (χ2n) is 4.59. The van der Waals surface area contributed by atoms with Gasteiger partial charge in [0.15, 0.2) is 0 Å². The Kier molecular flexibility index (Phi) is 8.89. The van der Waals surface area contributed by atoms with E-state index in [1.54, 1.807) is 0 Å². The van der Waals surface area contributed by atoms with Gasteiger partial charge in [-0.25, -0.2) is 0 Å². The number of nitrogens with two attached hydrogens (primary N) is 1. The van der Waals surface area contributed by atoms with Crippen LogP contribution in [0, 0.1) is 0 Å². The minimum Gasteiger partial charge on any atom is -0.480 e. The first-order valence-corrected chi connectivity index (χ1v) is 6.39. The largest absolute Gasteiger partial charge is 0.480 e. The molecule has 0 aliphatic rings. The topological polar surface area (TPSA) is 150 Å². The van der Waals surface area contributed by atoms with Crippen molar-refractivity contribution >= 4 is 17.5 Å². The molecule has 0 aliphatic carbocycles. The van der Waals surface area contributed by atoms with E-state index in [9.17, 15) is 19.5 Å². The molecular weight excluding hydrogens is 268 g/mol. The molecule has 0 saturated carbocycles. The molecule has 0 radical (unpaired) electrons. The fourth-order valence-electron chi connectivity index (χ4n) is 1.41. The maximum atomic E-state index is 11.3. The summed E-state index contributed by atoms with van der Waals surface area (Å²) < 4.78 is 0. The molecule has 20 heavy (non-hydrogen) atoms. The molecule has 0 heterocycles. The van der Waals surface area contributed by atoms with E-state index in [1.807, 2.05) is 0 Å². The average Bonchev–Trinajstić information content (AvgIpc) is 2.39. The van der Waals surface area contributed by atoms with E-state index in [4.69, 9.17) is 15.9 Å². The van der Waals surface area contributed by atoms with Gasteiger partial charge in [-0.1, -0.05) is 6.42 Å². The monoisotopic (exact) mass is 290 g/mol. The number of carbonyl (C=O) groups is 3. The normalized spacial score (nSPS) is 15.4. The Hall–Kier alpha value is -1.35. The Labute approximate surface area is 117 Å². The van der Waals surface area contributed by atoms with Gasteiger partial charge in [0.05, 0.1) is 12.6 Å². The Bertz CT molecular complexity index is 345. The number of hydrogen-bond acceptors (Lipinski definition) is 7.